The molecule has 3 nitrogen and oxygen atoms in total. The van der Waals surface area contributed by atoms with Crippen LogP contribution in [0.2, 0.25) is 5.02 Å². The molecule has 1 N–H and O–H groups in total. The number of hydrogen-bond acceptors (Lipinski definition) is 2. The van der Waals surface area contributed by atoms with E-state index < -0.39 is 0 Å². The maximum Gasteiger partial charge on any atom is 0.207 e. The van der Waals surface area contributed by atoms with Gasteiger partial charge in [-0.3, -0.25) is 0 Å². The normalized spacial score (nSPS) is 10.1. The first-order chi connectivity index (χ1) is 7.79. The number of anilines is 2. The molecule has 0 amide bonds. The number of benzene rings is 1. The largest absolute Gasteiger partial charge is 0.326 e. The lowest BCUT2D eigenvalue weighted by Gasteiger charge is -2.07. The average molecular weight is 234 g/mol. The van der Waals surface area contributed by atoms with Gasteiger partial charge in [-0.2, -0.15) is 0 Å². The molecule has 1 heterocycles. The van der Waals surface area contributed by atoms with E-state index in [4.69, 9.17) is 11.6 Å². The van der Waals surface area contributed by atoms with Gasteiger partial charge in [0.2, 0.25) is 5.95 Å². The van der Waals surface area contributed by atoms with Gasteiger partial charge in [0.25, 0.3) is 0 Å². The van der Waals surface area contributed by atoms with Crippen LogP contribution < -0.4 is 5.32 Å². The van der Waals surface area contributed by atoms with Crippen LogP contribution >= 0.6 is 11.6 Å². The number of rotatable bonds is 4. The first-order valence-corrected chi connectivity index (χ1v) is 5.32. The third kappa shape index (κ3) is 2.44. The highest BCUT2D eigenvalue weighted by atomic mass is 35.5. The summed E-state index contributed by atoms with van der Waals surface area (Å²) in [7, 11) is 0. The lowest BCUT2D eigenvalue weighted by Crippen LogP contribution is -2.01. The second-order valence-corrected chi connectivity index (χ2v) is 3.76. The molecule has 0 aliphatic carbocycles. The third-order valence-electron chi connectivity index (χ3n) is 2.14. The second kappa shape index (κ2) is 4.86. The van der Waals surface area contributed by atoms with Gasteiger partial charge in [0.05, 0.1) is 0 Å². The summed E-state index contributed by atoms with van der Waals surface area (Å²) in [6.45, 7) is 4.43. The molecule has 0 unspecified atom stereocenters. The van der Waals surface area contributed by atoms with Crippen molar-refractivity contribution in [2.45, 2.75) is 6.54 Å². The lowest BCUT2D eigenvalue weighted by atomic mass is 10.3. The van der Waals surface area contributed by atoms with Crippen LogP contribution in [0, 0.1) is 0 Å². The Morgan fingerprint density at radius 2 is 2.12 bits per heavy atom. The highest BCUT2D eigenvalue weighted by Crippen LogP contribution is 2.17. The Hall–Kier alpha value is -1.74. The van der Waals surface area contributed by atoms with Crippen LogP contribution in [0.5, 0.6) is 0 Å². The minimum atomic E-state index is 0.722. The number of nitrogens with one attached hydrogen (secondary N) is 1. The summed E-state index contributed by atoms with van der Waals surface area (Å²) < 4.78 is 1.97. The van der Waals surface area contributed by atoms with Crippen LogP contribution in [0.25, 0.3) is 0 Å². The van der Waals surface area contributed by atoms with E-state index in [0.29, 0.717) is 0 Å². The van der Waals surface area contributed by atoms with E-state index in [-0.39, 0.29) is 0 Å². The maximum atomic E-state index is 5.81. The molecule has 82 valence electrons. The van der Waals surface area contributed by atoms with Crippen molar-refractivity contribution in [1.82, 2.24) is 9.55 Å². The Morgan fingerprint density at radius 1 is 1.38 bits per heavy atom. The maximum absolute atomic E-state index is 5.81. The van der Waals surface area contributed by atoms with E-state index in [0.717, 1.165) is 23.2 Å². The first kappa shape index (κ1) is 10.8. The van der Waals surface area contributed by atoms with Crippen molar-refractivity contribution in [3.05, 3.63) is 54.3 Å². The van der Waals surface area contributed by atoms with Crippen LogP contribution in [0.15, 0.2) is 49.3 Å². The number of halogens is 1. The fourth-order valence-electron chi connectivity index (χ4n) is 1.38. The van der Waals surface area contributed by atoms with Gasteiger partial charge in [0.1, 0.15) is 0 Å². The van der Waals surface area contributed by atoms with Crippen LogP contribution in [0.3, 0.4) is 0 Å². The molecule has 0 radical (unpaired) electrons. The summed E-state index contributed by atoms with van der Waals surface area (Å²) in [6, 6.07) is 7.50. The van der Waals surface area contributed by atoms with Gasteiger partial charge < -0.3 is 9.88 Å². The van der Waals surface area contributed by atoms with E-state index in [9.17, 15) is 0 Å². The van der Waals surface area contributed by atoms with Gasteiger partial charge in [-0.05, 0) is 24.3 Å². The standard InChI is InChI=1S/C12H12ClN3/c1-2-8-16-9-7-14-12(16)15-11-5-3-10(13)4-6-11/h2-7,9H,1,8H2,(H,14,15). The zero-order valence-corrected chi connectivity index (χ0v) is 9.48. The summed E-state index contributed by atoms with van der Waals surface area (Å²) in [4.78, 5) is 4.22. The van der Waals surface area contributed by atoms with Gasteiger partial charge in [-0.1, -0.05) is 17.7 Å². The van der Waals surface area contributed by atoms with E-state index in [2.05, 4.69) is 16.9 Å². The zero-order chi connectivity index (χ0) is 11.4. The second-order valence-electron chi connectivity index (χ2n) is 3.32. The predicted octanol–water partition coefficient (Wildman–Crippen LogP) is 3.47. The molecular weight excluding hydrogens is 222 g/mol. The van der Waals surface area contributed by atoms with Crippen molar-refractivity contribution in [3.8, 4) is 0 Å². The van der Waals surface area contributed by atoms with E-state index in [1.54, 1.807) is 6.20 Å². The molecule has 2 rings (SSSR count). The van der Waals surface area contributed by atoms with Gasteiger partial charge >= 0.3 is 0 Å². The topological polar surface area (TPSA) is 29.9 Å². The fourth-order valence-corrected chi connectivity index (χ4v) is 1.51. The van der Waals surface area contributed by atoms with Crippen molar-refractivity contribution >= 4 is 23.2 Å². The third-order valence-corrected chi connectivity index (χ3v) is 2.39. The number of aromatic nitrogens is 2. The van der Waals surface area contributed by atoms with Gasteiger partial charge in [0, 0.05) is 29.6 Å². The van der Waals surface area contributed by atoms with Crippen molar-refractivity contribution in [3.63, 3.8) is 0 Å². The van der Waals surface area contributed by atoms with Crippen LogP contribution in [-0.2, 0) is 6.54 Å². The SMILES string of the molecule is C=CCn1ccnc1Nc1ccc(Cl)cc1. The molecule has 1 aromatic heterocycles. The molecule has 2 aromatic rings. The van der Waals surface area contributed by atoms with E-state index in [1.807, 2.05) is 41.1 Å². The molecule has 0 spiro atoms. The summed E-state index contributed by atoms with van der Waals surface area (Å²) in [5, 5.41) is 3.93. The number of allylic oxidation sites excluding steroid dienone is 1. The van der Waals surface area contributed by atoms with Crippen molar-refractivity contribution < 1.29 is 0 Å². The molecular formula is C12H12ClN3. The molecule has 0 atom stereocenters. The van der Waals surface area contributed by atoms with Crippen molar-refractivity contribution in [2.24, 2.45) is 0 Å². The van der Waals surface area contributed by atoms with Crippen LogP contribution in [-0.4, -0.2) is 9.55 Å². The summed E-state index contributed by atoms with van der Waals surface area (Å²) in [5.74, 6) is 0.794. The highest BCUT2D eigenvalue weighted by Gasteiger charge is 2.01. The van der Waals surface area contributed by atoms with Crippen molar-refractivity contribution in [2.75, 3.05) is 5.32 Å². The number of nitrogens with zero attached hydrogens (tertiary/aromatic N) is 2. The Bertz CT molecular complexity index is 473. The monoisotopic (exact) mass is 233 g/mol. The smallest absolute Gasteiger partial charge is 0.207 e. The molecule has 0 aliphatic heterocycles. The minimum absolute atomic E-state index is 0.722. The molecule has 0 fully saturated rings. The number of imidazole rings is 1. The first-order valence-electron chi connectivity index (χ1n) is 4.94. The zero-order valence-electron chi connectivity index (χ0n) is 8.73. The Kier molecular flexibility index (Phi) is 3.27. The summed E-state index contributed by atoms with van der Waals surface area (Å²) in [5.41, 5.74) is 0.959. The average Bonchev–Trinajstić information content (AvgIpc) is 2.70. The molecule has 16 heavy (non-hydrogen) atoms. The van der Waals surface area contributed by atoms with Gasteiger partial charge in [0.15, 0.2) is 0 Å². The molecule has 0 saturated carbocycles. The number of hydrogen-bond donors (Lipinski definition) is 1. The fraction of sp³-hybridized carbons (Fsp3) is 0.0833. The van der Waals surface area contributed by atoms with Crippen molar-refractivity contribution in [1.29, 1.82) is 0 Å². The molecule has 0 saturated heterocycles. The Balaban J connectivity index is 2.16. The quantitative estimate of drug-likeness (QED) is 0.820. The molecule has 4 heteroatoms. The van der Waals surface area contributed by atoms with Crippen LogP contribution in [0.1, 0.15) is 0 Å². The highest BCUT2D eigenvalue weighted by molar-refractivity contribution is 6.30. The van der Waals surface area contributed by atoms with E-state index >= 15 is 0 Å². The molecule has 0 bridgehead atoms. The van der Waals surface area contributed by atoms with Crippen LogP contribution in [0.4, 0.5) is 11.6 Å². The molecule has 0 aliphatic rings. The predicted molar refractivity (Wildman–Crippen MR) is 67.2 cm³/mol. The Labute approximate surface area is 99.4 Å². The summed E-state index contributed by atoms with van der Waals surface area (Å²) in [6.07, 6.45) is 5.48. The van der Waals surface area contributed by atoms with Gasteiger partial charge in [-0.25, -0.2) is 4.98 Å². The minimum Gasteiger partial charge on any atom is -0.326 e. The van der Waals surface area contributed by atoms with E-state index in [1.165, 1.54) is 0 Å². The Morgan fingerprint density at radius 3 is 2.81 bits per heavy atom. The van der Waals surface area contributed by atoms with Gasteiger partial charge in [-0.15, -0.1) is 6.58 Å². The summed E-state index contributed by atoms with van der Waals surface area (Å²) >= 11 is 5.81. The molecule has 1 aromatic carbocycles. The lowest BCUT2D eigenvalue weighted by molar-refractivity contribution is 0.833.